The van der Waals surface area contributed by atoms with Gasteiger partial charge in [0.15, 0.2) is 0 Å². The van der Waals surface area contributed by atoms with Gasteiger partial charge in [-0.2, -0.15) is 0 Å². The normalized spacial score (nSPS) is 20.9. The lowest BCUT2D eigenvalue weighted by molar-refractivity contribution is 0.383. The molecule has 1 heterocycles. The lowest BCUT2D eigenvalue weighted by Gasteiger charge is -2.23. The number of benzene rings is 1. The second kappa shape index (κ2) is 5.55. The maximum absolute atomic E-state index is 5.99. The number of halogens is 1. The van der Waals surface area contributed by atoms with E-state index in [1.165, 1.54) is 24.8 Å². The molecule has 16 heavy (non-hydrogen) atoms. The Kier molecular flexibility index (Phi) is 4.08. The molecule has 1 aromatic carbocycles. The van der Waals surface area contributed by atoms with Gasteiger partial charge in [-0.3, -0.25) is 0 Å². The van der Waals surface area contributed by atoms with Crippen molar-refractivity contribution in [3.8, 4) is 0 Å². The Bertz CT molecular complexity index is 346. The van der Waals surface area contributed by atoms with Gasteiger partial charge in [-0.1, -0.05) is 30.2 Å². The minimum Gasteiger partial charge on any atom is -0.397 e. The second-order valence-electron chi connectivity index (χ2n) is 4.50. The molecule has 0 saturated carbocycles. The quantitative estimate of drug-likeness (QED) is 0.795. The van der Waals surface area contributed by atoms with Gasteiger partial charge in [0, 0.05) is 6.04 Å². The second-order valence-corrected chi connectivity index (χ2v) is 4.91. The maximum atomic E-state index is 5.99. The van der Waals surface area contributed by atoms with Crippen molar-refractivity contribution in [1.82, 2.24) is 5.32 Å². The molecule has 1 fully saturated rings. The molecule has 1 saturated heterocycles. The Balaban J connectivity index is 1.91. The Labute approximate surface area is 102 Å². The number of aryl methyl sites for hydroxylation is 1. The number of para-hydroxylation sites is 1. The molecule has 0 radical (unpaired) electrons. The molecule has 1 atom stereocenters. The number of piperidine rings is 1. The first-order valence-corrected chi connectivity index (χ1v) is 6.41. The first-order chi connectivity index (χ1) is 7.77. The van der Waals surface area contributed by atoms with Crippen molar-refractivity contribution in [1.29, 1.82) is 0 Å². The van der Waals surface area contributed by atoms with Crippen molar-refractivity contribution in [2.45, 2.75) is 38.1 Å². The van der Waals surface area contributed by atoms with Gasteiger partial charge in [0.05, 0.1) is 10.7 Å². The van der Waals surface area contributed by atoms with Crippen LogP contribution in [0, 0.1) is 0 Å². The summed E-state index contributed by atoms with van der Waals surface area (Å²) in [6.45, 7) is 1.16. The molecule has 0 spiro atoms. The smallest absolute Gasteiger partial charge is 0.0638 e. The van der Waals surface area contributed by atoms with Crippen LogP contribution < -0.4 is 11.1 Å². The van der Waals surface area contributed by atoms with Crippen LogP contribution in [-0.4, -0.2) is 12.6 Å². The molecular formula is C13H19ClN2. The van der Waals surface area contributed by atoms with Gasteiger partial charge < -0.3 is 11.1 Å². The number of nitrogens with one attached hydrogen (secondary N) is 1. The Hall–Kier alpha value is -0.730. The number of rotatable bonds is 3. The van der Waals surface area contributed by atoms with Crippen molar-refractivity contribution < 1.29 is 0 Å². The third kappa shape index (κ3) is 2.89. The predicted octanol–water partition coefficient (Wildman–Crippen LogP) is 3.00. The van der Waals surface area contributed by atoms with E-state index in [2.05, 4.69) is 11.4 Å². The lowest BCUT2D eigenvalue weighted by atomic mass is 9.97. The minimum atomic E-state index is 0.659. The zero-order valence-corrected chi connectivity index (χ0v) is 10.3. The summed E-state index contributed by atoms with van der Waals surface area (Å²) in [4.78, 5) is 0. The molecule has 2 rings (SSSR count). The Morgan fingerprint density at radius 1 is 1.38 bits per heavy atom. The Morgan fingerprint density at radius 2 is 2.25 bits per heavy atom. The first-order valence-electron chi connectivity index (χ1n) is 6.03. The summed E-state index contributed by atoms with van der Waals surface area (Å²) in [6.07, 6.45) is 6.13. The highest BCUT2D eigenvalue weighted by Crippen LogP contribution is 2.24. The fourth-order valence-corrected chi connectivity index (χ4v) is 2.49. The monoisotopic (exact) mass is 238 g/mol. The summed E-state index contributed by atoms with van der Waals surface area (Å²) >= 11 is 5.99. The summed E-state index contributed by atoms with van der Waals surface area (Å²) < 4.78 is 0. The predicted molar refractivity (Wildman–Crippen MR) is 69.8 cm³/mol. The van der Waals surface area contributed by atoms with Gasteiger partial charge in [0.2, 0.25) is 0 Å². The van der Waals surface area contributed by atoms with Crippen molar-refractivity contribution >= 4 is 17.3 Å². The molecule has 0 bridgehead atoms. The molecule has 0 amide bonds. The van der Waals surface area contributed by atoms with E-state index in [4.69, 9.17) is 17.3 Å². The Morgan fingerprint density at radius 3 is 3.00 bits per heavy atom. The molecule has 1 aromatic rings. The maximum Gasteiger partial charge on any atom is 0.0638 e. The van der Waals surface area contributed by atoms with Gasteiger partial charge in [-0.25, -0.2) is 0 Å². The van der Waals surface area contributed by atoms with E-state index in [1.54, 1.807) is 0 Å². The minimum absolute atomic E-state index is 0.659. The highest BCUT2D eigenvalue weighted by atomic mass is 35.5. The molecule has 1 aliphatic rings. The van der Waals surface area contributed by atoms with E-state index in [-0.39, 0.29) is 0 Å². The zero-order chi connectivity index (χ0) is 11.4. The van der Waals surface area contributed by atoms with Crippen LogP contribution in [0.1, 0.15) is 31.2 Å². The molecule has 1 aliphatic heterocycles. The van der Waals surface area contributed by atoms with Crippen LogP contribution >= 0.6 is 11.6 Å². The number of hydrogen-bond donors (Lipinski definition) is 2. The lowest BCUT2D eigenvalue weighted by Crippen LogP contribution is -2.34. The van der Waals surface area contributed by atoms with Gasteiger partial charge in [-0.15, -0.1) is 0 Å². The van der Waals surface area contributed by atoms with E-state index in [9.17, 15) is 0 Å². The van der Waals surface area contributed by atoms with Crippen molar-refractivity contribution in [3.05, 3.63) is 28.8 Å². The van der Waals surface area contributed by atoms with Gasteiger partial charge in [0.25, 0.3) is 0 Å². The summed E-state index contributed by atoms with van der Waals surface area (Å²) in [6, 6.07) is 6.55. The molecule has 0 aliphatic carbocycles. The first kappa shape index (κ1) is 11.7. The fraction of sp³-hybridized carbons (Fsp3) is 0.538. The van der Waals surface area contributed by atoms with Gasteiger partial charge in [-0.05, 0) is 43.9 Å². The van der Waals surface area contributed by atoms with Crippen LogP contribution in [-0.2, 0) is 6.42 Å². The molecule has 3 N–H and O–H groups in total. The fourth-order valence-electron chi connectivity index (χ4n) is 2.30. The van der Waals surface area contributed by atoms with Crippen LogP contribution in [0.15, 0.2) is 18.2 Å². The van der Waals surface area contributed by atoms with Gasteiger partial charge in [0.1, 0.15) is 0 Å². The van der Waals surface area contributed by atoms with Crippen LogP contribution in [0.25, 0.3) is 0 Å². The van der Waals surface area contributed by atoms with Crippen molar-refractivity contribution in [2.24, 2.45) is 0 Å². The van der Waals surface area contributed by atoms with Crippen molar-refractivity contribution in [2.75, 3.05) is 12.3 Å². The van der Waals surface area contributed by atoms with Crippen LogP contribution in [0.4, 0.5) is 5.69 Å². The molecule has 3 heteroatoms. The van der Waals surface area contributed by atoms with E-state index < -0.39 is 0 Å². The molecule has 0 aromatic heterocycles. The van der Waals surface area contributed by atoms with E-state index in [0.29, 0.717) is 11.1 Å². The highest BCUT2D eigenvalue weighted by molar-refractivity contribution is 6.33. The van der Waals surface area contributed by atoms with Crippen LogP contribution in [0.5, 0.6) is 0 Å². The molecule has 2 nitrogen and oxygen atoms in total. The molecular weight excluding hydrogens is 220 g/mol. The third-order valence-corrected chi connectivity index (χ3v) is 3.65. The zero-order valence-electron chi connectivity index (χ0n) is 9.51. The third-order valence-electron chi connectivity index (χ3n) is 3.32. The summed E-state index contributed by atoms with van der Waals surface area (Å²) in [5.41, 5.74) is 7.88. The number of nitrogen functional groups attached to an aromatic ring is 1. The summed E-state index contributed by atoms with van der Waals surface area (Å²) in [7, 11) is 0. The van der Waals surface area contributed by atoms with Crippen LogP contribution in [0.3, 0.4) is 0 Å². The van der Waals surface area contributed by atoms with E-state index >= 15 is 0 Å². The summed E-state index contributed by atoms with van der Waals surface area (Å²) in [5.74, 6) is 0. The SMILES string of the molecule is Nc1c(Cl)cccc1CCC1CCCCN1. The van der Waals surface area contributed by atoms with E-state index in [1.807, 2.05) is 12.1 Å². The van der Waals surface area contributed by atoms with Crippen molar-refractivity contribution in [3.63, 3.8) is 0 Å². The topological polar surface area (TPSA) is 38.0 Å². The number of anilines is 1. The van der Waals surface area contributed by atoms with Crippen LogP contribution in [0.2, 0.25) is 5.02 Å². The summed E-state index contributed by atoms with van der Waals surface area (Å²) in [5, 5.41) is 4.22. The number of nitrogens with two attached hydrogens (primary N) is 1. The largest absolute Gasteiger partial charge is 0.397 e. The number of hydrogen-bond acceptors (Lipinski definition) is 2. The standard InChI is InChI=1S/C13H19ClN2/c14-12-6-3-4-10(13(12)15)7-8-11-5-1-2-9-16-11/h3-4,6,11,16H,1-2,5,7-9,15H2. The highest BCUT2D eigenvalue weighted by Gasteiger charge is 2.13. The average Bonchev–Trinajstić information content (AvgIpc) is 2.32. The molecule has 88 valence electrons. The van der Waals surface area contributed by atoms with Gasteiger partial charge >= 0.3 is 0 Å². The average molecular weight is 239 g/mol. The molecule has 1 unspecified atom stereocenters. The van der Waals surface area contributed by atoms with E-state index in [0.717, 1.165) is 25.1 Å².